The summed E-state index contributed by atoms with van der Waals surface area (Å²) >= 11 is 0. The summed E-state index contributed by atoms with van der Waals surface area (Å²) in [5.74, 6) is -1.21. The van der Waals surface area contributed by atoms with Gasteiger partial charge in [0, 0.05) is 18.7 Å². The van der Waals surface area contributed by atoms with E-state index in [0.717, 1.165) is 25.7 Å². The van der Waals surface area contributed by atoms with Gasteiger partial charge in [0.1, 0.15) is 6.04 Å². The molecule has 2 fully saturated rings. The summed E-state index contributed by atoms with van der Waals surface area (Å²) in [6.07, 6.45) is 4.34. The minimum atomic E-state index is -3.47. The van der Waals surface area contributed by atoms with Crippen LogP contribution >= 0.6 is 0 Å². The largest absolute Gasteiger partial charge is 0.480 e. The van der Waals surface area contributed by atoms with Crippen molar-refractivity contribution in [3.8, 4) is 0 Å². The summed E-state index contributed by atoms with van der Waals surface area (Å²) in [5, 5.41) is 9.57. The zero-order valence-electron chi connectivity index (χ0n) is 15.3. The van der Waals surface area contributed by atoms with Crippen LogP contribution in [0, 0.1) is 5.92 Å². The number of carboxylic acids is 1. The van der Waals surface area contributed by atoms with Crippen molar-refractivity contribution >= 4 is 21.7 Å². The monoisotopic (exact) mass is 395 g/mol. The molecule has 3 atom stereocenters. The molecule has 1 aromatic carbocycles. The first-order valence-corrected chi connectivity index (χ1v) is 10.9. The Morgan fingerprint density at radius 1 is 1.19 bits per heavy atom. The average molecular weight is 395 g/mol. The van der Waals surface area contributed by atoms with E-state index in [0.29, 0.717) is 12.0 Å². The lowest BCUT2D eigenvalue weighted by Gasteiger charge is -2.33. The molecule has 7 nitrogen and oxygen atoms in total. The quantitative estimate of drug-likeness (QED) is 0.790. The van der Waals surface area contributed by atoms with E-state index in [4.69, 9.17) is 4.74 Å². The number of amides is 1. The second-order valence-electron chi connectivity index (χ2n) is 7.25. The van der Waals surface area contributed by atoms with E-state index in [1.54, 1.807) is 0 Å². The van der Waals surface area contributed by atoms with E-state index in [1.165, 1.54) is 36.3 Å². The van der Waals surface area contributed by atoms with Crippen LogP contribution in [0.3, 0.4) is 0 Å². The van der Waals surface area contributed by atoms with E-state index in [2.05, 4.69) is 0 Å². The van der Waals surface area contributed by atoms with Crippen molar-refractivity contribution in [3.63, 3.8) is 0 Å². The Hall–Kier alpha value is -1.93. The molecule has 1 amide bonds. The number of nitrogens with zero attached hydrogens (tertiary/aromatic N) is 1. The van der Waals surface area contributed by atoms with Crippen molar-refractivity contribution in [1.29, 1.82) is 0 Å². The van der Waals surface area contributed by atoms with Crippen LogP contribution in [0.4, 0.5) is 0 Å². The Morgan fingerprint density at radius 2 is 1.85 bits per heavy atom. The molecule has 27 heavy (non-hydrogen) atoms. The molecule has 0 spiro atoms. The number of sulfone groups is 1. The molecule has 1 aliphatic heterocycles. The first-order chi connectivity index (χ1) is 12.8. The van der Waals surface area contributed by atoms with Gasteiger partial charge in [0.25, 0.3) is 5.91 Å². The molecular formula is C19H25NO6S. The number of ether oxygens (including phenoxy) is 1. The van der Waals surface area contributed by atoms with Crippen LogP contribution in [0.1, 0.15) is 42.5 Å². The number of hydrogen-bond donors (Lipinski definition) is 1. The highest BCUT2D eigenvalue weighted by atomic mass is 32.2. The van der Waals surface area contributed by atoms with Gasteiger partial charge in [-0.25, -0.2) is 13.2 Å². The summed E-state index contributed by atoms with van der Waals surface area (Å²) in [7, 11) is -2.04. The highest BCUT2D eigenvalue weighted by Crippen LogP contribution is 2.40. The standard InChI is InChI=1S/C19H25NO6S/c1-26-10-11-27(24,25)15-8-6-13(7-9-15)18(21)20-16-5-3-2-4-14(16)12-17(20)19(22)23/h6-9,14,16-17H,2-5,10-12H2,1H3,(H,22,23)/t14-,16-,17+/m1/s1. The van der Waals surface area contributed by atoms with Gasteiger partial charge in [-0.1, -0.05) is 12.8 Å². The predicted octanol–water partition coefficient (Wildman–Crippen LogP) is 1.96. The molecule has 1 N–H and O–H groups in total. The number of carboxylic acid groups (broad SMARTS) is 1. The highest BCUT2D eigenvalue weighted by Gasteiger charge is 2.47. The predicted molar refractivity (Wildman–Crippen MR) is 98.3 cm³/mol. The van der Waals surface area contributed by atoms with Gasteiger partial charge in [0.15, 0.2) is 9.84 Å². The number of carbonyl (C=O) groups excluding carboxylic acids is 1. The summed E-state index contributed by atoms with van der Waals surface area (Å²) in [6, 6.07) is 4.90. The molecular weight excluding hydrogens is 370 g/mol. The molecule has 8 heteroatoms. The molecule has 3 rings (SSSR count). The van der Waals surface area contributed by atoms with Crippen molar-refractivity contribution in [2.45, 2.75) is 49.1 Å². The third-order valence-corrected chi connectivity index (χ3v) is 7.32. The second-order valence-corrected chi connectivity index (χ2v) is 9.36. The molecule has 1 saturated carbocycles. The van der Waals surface area contributed by atoms with Crippen LogP contribution in [-0.4, -0.2) is 61.9 Å². The third kappa shape index (κ3) is 4.01. The smallest absolute Gasteiger partial charge is 0.326 e. The molecule has 2 aliphatic rings. The molecule has 1 aromatic rings. The maximum Gasteiger partial charge on any atom is 0.326 e. The molecule has 1 saturated heterocycles. The first kappa shape index (κ1) is 19.8. The summed E-state index contributed by atoms with van der Waals surface area (Å²) < 4.78 is 29.2. The minimum absolute atomic E-state index is 0.0440. The number of aliphatic carboxylic acids is 1. The third-order valence-electron chi connectivity index (χ3n) is 5.62. The normalized spacial score (nSPS) is 25.2. The number of hydrogen-bond acceptors (Lipinski definition) is 5. The number of carbonyl (C=O) groups is 2. The van der Waals surface area contributed by atoms with E-state index in [1.807, 2.05) is 0 Å². The Labute approximate surface area is 159 Å². The number of fused-ring (bicyclic) bond motifs is 1. The Balaban J connectivity index is 1.83. The fraction of sp³-hybridized carbons (Fsp3) is 0.579. The van der Waals surface area contributed by atoms with Crippen LogP contribution < -0.4 is 0 Å². The maximum absolute atomic E-state index is 13.0. The molecule has 0 aromatic heterocycles. The van der Waals surface area contributed by atoms with Crippen molar-refractivity contribution in [3.05, 3.63) is 29.8 Å². The average Bonchev–Trinajstić information content (AvgIpc) is 3.06. The van der Waals surface area contributed by atoms with Crippen molar-refractivity contribution < 1.29 is 27.9 Å². The van der Waals surface area contributed by atoms with Gasteiger partial charge in [-0.2, -0.15) is 0 Å². The fourth-order valence-electron chi connectivity index (χ4n) is 4.24. The maximum atomic E-state index is 13.0. The van der Waals surface area contributed by atoms with Crippen LogP contribution in [0.2, 0.25) is 0 Å². The van der Waals surface area contributed by atoms with Crippen molar-refractivity contribution in [2.75, 3.05) is 19.5 Å². The minimum Gasteiger partial charge on any atom is -0.480 e. The van der Waals surface area contributed by atoms with E-state index in [9.17, 15) is 23.1 Å². The fourth-order valence-corrected chi connectivity index (χ4v) is 5.41. The molecule has 0 bridgehead atoms. The van der Waals surface area contributed by atoms with Gasteiger partial charge in [-0.15, -0.1) is 0 Å². The Bertz CT molecular complexity index is 804. The van der Waals surface area contributed by atoms with E-state index >= 15 is 0 Å². The highest BCUT2D eigenvalue weighted by molar-refractivity contribution is 7.91. The Kier molecular flexibility index (Phi) is 5.86. The SMILES string of the molecule is COCCS(=O)(=O)c1ccc(C(=O)N2[C@@H]3CCCC[C@@H]3C[C@H]2C(=O)O)cc1. The van der Waals surface area contributed by atoms with Crippen LogP contribution in [-0.2, 0) is 19.4 Å². The van der Waals surface area contributed by atoms with Gasteiger partial charge >= 0.3 is 5.97 Å². The molecule has 0 radical (unpaired) electrons. The number of rotatable bonds is 6. The summed E-state index contributed by atoms with van der Waals surface area (Å²) in [5.41, 5.74) is 0.318. The van der Waals surface area contributed by atoms with E-state index < -0.39 is 21.8 Å². The number of benzene rings is 1. The van der Waals surface area contributed by atoms with E-state index in [-0.39, 0.29) is 35.1 Å². The lowest BCUT2D eigenvalue weighted by molar-refractivity contribution is -0.141. The van der Waals surface area contributed by atoms with Gasteiger partial charge in [0.2, 0.25) is 0 Å². The molecule has 148 valence electrons. The lowest BCUT2D eigenvalue weighted by atomic mass is 9.84. The van der Waals surface area contributed by atoms with Gasteiger partial charge in [-0.3, -0.25) is 4.79 Å². The van der Waals surface area contributed by atoms with Crippen LogP contribution in [0.15, 0.2) is 29.2 Å². The Morgan fingerprint density at radius 3 is 2.48 bits per heavy atom. The molecule has 0 unspecified atom stereocenters. The van der Waals surface area contributed by atoms with Crippen LogP contribution in [0.5, 0.6) is 0 Å². The van der Waals surface area contributed by atoms with Gasteiger partial charge in [0.05, 0.1) is 17.3 Å². The second kappa shape index (κ2) is 7.98. The molecule has 1 heterocycles. The van der Waals surface area contributed by atoms with Crippen LogP contribution in [0.25, 0.3) is 0 Å². The number of likely N-dealkylation sites (tertiary alicyclic amines) is 1. The van der Waals surface area contributed by atoms with Gasteiger partial charge < -0.3 is 14.7 Å². The lowest BCUT2D eigenvalue weighted by Crippen LogP contribution is -2.46. The summed E-state index contributed by atoms with van der Waals surface area (Å²) in [4.78, 5) is 26.4. The van der Waals surface area contributed by atoms with Crippen molar-refractivity contribution in [2.24, 2.45) is 5.92 Å². The zero-order chi connectivity index (χ0) is 19.6. The molecule has 1 aliphatic carbocycles. The topological polar surface area (TPSA) is 101 Å². The number of methoxy groups -OCH3 is 1. The first-order valence-electron chi connectivity index (χ1n) is 9.22. The van der Waals surface area contributed by atoms with Crippen molar-refractivity contribution in [1.82, 2.24) is 4.90 Å². The van der Waals surface area contributed by atoms with Gasteiger partial charge in [-0.05, 0) is 49.4 Å². The summed E-state index contributed by atoms with van der Waals surface area (Å²) in [6.45, 7) is 0.0974. The zero-order valence-corrected chi connectivity index (χ0v) is 16.2.